The van der Waals surface area contributed by atoms with Gasteiger partial charge in [0.05, 0.1) is 5.92 Å². The molecule has 0 bridgehead atoms. The van der Waals surface area contributed by atoms with Gasteiger partial charge < -0.3 is 15.3 Å². The van der Waals surface area contributed by atoms with Crippen LogP contribution in [0.3, 0.4) is 0 Å². The standard InChI is InChI=1S/C16H20N2O3/c1-18(2)10-11-3-5-12(6-4-11)15(19)17-14-8-7-13(9-14)16(20)21/h3-8,13-14H,9-10H2,1-2H3,(H,17,19)(H,20,21). The Labute approximate surface area is 124 Å². The molecule has 2 rings (SSSR count). The molecule has 1 aliphatic rings. The first kappa shape index (κ1) is 15.3. The van der Waals surface area contributed by atoms with Crippen molar-refractivity contribution < 1.29 is 14.7 Å². The van der Waals surface area contributed by atoms with E-state index in [0.29, 0.717) is 12.0 Å². The van der Waals surface area contributed by atoms with Crippen molar-refractivity contribution in [1.82, 2.24) is 10.2 Å². The zero-order valence-electron chi connectivity index (χ0n) is 12.2. The SMILES string of the molecule is CN(C)Cc1ccc(C(=O)NC2C=CC(C(=O)O)C2)cc1. The summed E-state index contributed by atoms with van der Waals surface area (Å²) in [7, 11) is 3.98. The minimum absolute atomic E-state index is 0.174. The second-order valence-corrected chi connectivity index (χ2v) is 5.58. The fourth-order valence-electron chi connectivity index (χ4n) is 2.37. The quantitative estimate of drug-likeness (QED) is 0.806. The first-order valence-corrected chi connectivity index (χ1v) is 6.91. The molecule has 0 heterocycles. The zero-order valence-corrected chi connectivity index (χ0v) is 12.2. The molecular weight excluding hydrogens is 268 g/mol. The largest absolute Gasteiger partial charge is 0.481 e. The highest BCUT2D eigenvalue weighted by atomic mass is 16.4. The van der Waals surface area contributed by atoms with Crippen LogP contribution in [-0.2, 0) is 11.3 Å². The Morgan fingerprint density at radius 3 is 2.43 bits per heavy atom. The molecule has 0 aromatic heterocycles. The number of amides is 1. The maximum atomic E-state index is 12.1. The number of carbonyl (C=O) groups is 2. The Kier molecular flexibility index (Phi) is 4.75. The number of aliphatic carboxylic acids is 1. The molecule has 5 nitrogen and oxygen atoms in total. The lowest BCUT2D eigenvalue weighted by Gasteiger charge is -2.13. The lowest BCUT2D eigenvalue weighted by Crippen LogP contribution is -2.33. The zero-order chi connectivity index (χ0) is 15.4. The maximum Gasteiger partial charge on any atom is 0.310 e. The molecule has 2 N–H and O–H groups in total. The van der Waals surface area contributed by atoms with E-state index in [2.05, 4.69) is 10.2 Å². The minimum Gasteiger partial charge on any atom is -0.481 e. The van der Waals surface area contributed by atoms with Gasteiger partial charge in [0.15, 0.2) is 0 Å². The minimum atomic E-state index is -0.851. The second kappa shape index (κ2) is 6.54. The van der Waals surface area contributed by atoms with E-state index in [1.54, 1.807) is 24.3 Å². The highest BCUT2D eigenvalue weighted by molar-refractivity contribution is 5.94. The molecule has 1 aromatic rings. The Bertz CT molecular complexity index is 549. The van der Waals surface area contributed by atoms with Crippen molar-refractivity contribution in [2.75, 3.05) is 14.1 Å². The van der Waals surface area contributed by atoms with Crippen molar-refractivity contribution in [3.05, 3.63) is 47.5 Å². The molecule has 0 radical (unpaired) electrons. The number of rotatable bonds is 5. The number of benzene rings is 1. The Morgan fingerprint density at radius 1 is 1.24 bits per heavy atom. The molecule has 21 heavy (non-hydrogen) atoms. The van der Waals surface area contributed by atoms with E-state index in [4.69, 9.17) is 5.11 Å². The molecule has 2 unspecified atom stereocenters. The fourth-order valence-corrected chi connectivity index (χ4v) is 2.37. The Balaban J connectivity index is 1.92. The third-order valence-corrected chi connectivity index (χ3v) is 3.43. The molecule has 0 aliphatic heterocycles. The van der Waals surface area contributed by atoms with Crippen LogP contribution in [0.4, 0.5) is 0 Å². The monoisotopic (exact) mass is 288 g/mol. The van der Waals surface area contributed by atoms with Crippen molar-refractivity contribution in [2.45, 2.75) is 19.0 Å². The third kappa shape index (κ3) is 4.16. The number of nitrogens with zero attached hydrogens (tertiary/aromatic N) is 1. The Hall–Kier alpha value is -2.14. The summed E-state index contributed by atoms with van der Waals surface area (Å²) >= 11 is 0. The van der Waals surface area contributed by atoms with Crippen molar-refractivity contribution in [3.63, 3.8) is 0 Å². The molecule has 0 saturated heterocycles. The Morgan fingerprint density at radius 2 is 1.90 bits per heavy atom. The van der Waals surface area contributed by atoms with Crippen molar-refractivity contribution in [3.8, 4) is 0 Å². The van der Waals surface area contributed by atoms with E-state index in [-0.39, 0.29) is 11.9 Å². The van der Waals surface area contributed by atoms with Gasteiger partial charge in [-0.05, 0) is 38.2 Å². The van der Waals surface area contributed by atoms with Crippen molar-refractivity contribution in [1.29, 1.82) is 0 Å². The molecule has 1 aromatic carbocycles. The van der Waals surface area contributed by atoms with Gasteiger partial charge in [-0.2, -0.15) is 0 Å². The third-order valence-electron chi connectivity index (χ3n) is 3.43. The van der Waals surface area contributed by atoms with Crippen LogP contribution in [0.25, 0.3) is 0 Å². The van der Waals surface area contributed by atoms with Crippen LogP contribution in [0, 0.1) is 5.92 Å². The van der Waals surface area contributed by atoms with Crippen LogP contribution in [0.5, 0.6) is 0 Å². The van der Waals surface area contributed by atoms with Crippen LogP contribution in [0.2, 0.25) is 0 Å². The molecule has 2 atom stereocenters. The van der Waals surface area contributed by atoms with E-state index in [0.717, 1.165) is 12.1 Å². The normalized spacial score (nSPS) is 20.7. The highest BCUT2D eigenvalue weighted by Crippen LogP contribution is 2.18. The number of carboxylic acids is 1. The predicted molar refractivity (Wildman–Crippen MR) is 80.0 cm³/mol. The number of hydrogen-bond donors (Lipinski definition) is 2. The van der Waals surface area contributed by atoms with E-state index in [1.807, 2.05) is 26.2 Å². The average Bonchev–Trinajstić information content (AvgIpc) is 2.87. The van der Waals surface area contributed by atoms with Gasteiger partial charge in [0.1, 0.15) is 0 Å². The van der Waals surface area contributed by atoms with Crippen LogP contribution >= 0.6 is 0 Å². The summed E-state index contributed by atoms with van der Waals surface area (Å²) in [6, 6.07) is 7.24. The van der Waals surface area contributed by atoms with Crippen molar-refractivity contribution >= 4 is 11.9 Å². The summed E-state index contributed by atoms with van der Waals surface area (Å²) in [6.45, 7) is 0.827. The van der Waals surface area contributed by atoms with Gasteiger partial charge in [0, 0.05) is 18.2 Å². The van der Waals surface area contributed by atoms with E-state index < -0.39 is 11.9 Å². The van der Waals surface area contributed by atoms with Crippen molar-refractivity contribution in [2.24, 2.45) is 5.92 Å². The van der Waals surface area contributed by atoms with E-state index in [1.165, 1.54) is 0 Å². The topological polar surface area (TPSA) is 69.6 Å². The van der Waals surface area contributed by atoms with Crippen LogP contribution in [0.15, 0.2) is 36.4 Å². The molecule has 0 spiro atoms. The first-order valence-electron chi connectivity index (χ1n) is 6.91. The summed E-state index contributed by atoms with van der Waals surface area (Å²) in [6.07, 6.45) is 3.80. The molecule has 1 aliphatic carbocycles. The number of hydrogen-bond acceptors (Lipinski definition) is 3. The maximum absolute atomic E-state index is 12.1. The lowest BCUT2D eigenvalue weighted by molar-refractivity contribution is -0.140. The molecule has 0 saturated carbocycles. The molecule has 0 fully saturated rings. The van der Waals surface area contributed by atoms with E-state index >= 15 is 0 Å². The lowest BCUT2D eigenvalue weighted by atomic mass is 10.1. The van der Waals surface area contributed by atoms with Gasteiger partial charge in [0.2, 0.25) is 0 Å². The van der Waals surface area contributed by atoms with Gasteiger partial charge >= 0.3 is 5.97 Å². The van der Waals surface area contributed by atoms with Crippen LogP contribution < -0.4 is 5.32 Å². The predicted octanol–water partition coefficient (Wildman–Crippen LogP) is 1.51. The van der Waals surface area contributed by atoms with Crippen LogP contribution in [0.1, 0.15) is 22.3 Å². The first-order chi connectivity index (χ1) is 9.95. The molecule has 1 amide bonds. The molecule has 112 valence electrons. The number of carboxylic acid groups (broad SMARTS) is 1. The molecule has 5 heteroatoms. The fraction of sp³-hybridized carbons (Fsp3) is 0.375. The summed E-state index contributed by atoms with van der Waals surface area (Å²) in [5, 5.41) is 11.8. The smallest absolute Gasteiger partial charge is 0.310 e. The summed E-state index contributed by atoms with van der Waals surface area (Å²) in [5.74, 6) is -1.53. The number of carbonyl (C=O) groups excluding carboxylic acids is 1. The van der Waals surface area contributed by atoms with Gasteiger partial charge in [-0.15, -0.1) is 0 Å². The summed E-state index contributed by atoms with van der Waals surface area (Å²) in [5.41, 5.74) is 1.73. The average molecular weight is 288 g/mol. The van der Waals surface area contributed by atoms with Gasteiger partial charge in [-0.1, -0.05) is 24.3 Å². The second-order valence-electron chi connectivity index (χ2n) is 5.58. The van der Waals surface area contributed by atoms with E-state index in [9.17, 15) is 9.59 Å². The van der Waals surface area contributed by atoms with Crippen LogP contribution in [-0.4, -0.2) is 42.0 Å². The van der Waals surface area contributed by atoms with Gasteiger partial charge in [-0.3, -0.25) is 9.59 Å². The summed E-state index contributed by atoms with van der Waals surface area (Å²) < 4.78 is 0. The van der Waals surface area contributed by atoms with Gasteiger partial charge in [-0.25, -0.2) is 0 Å². The summed E-state index contributed by atoms with van der Waals surface area (Å²) in [4.78, 5) is 25.0. The number of nitrogens with one attached hydrogen (secondary N) is 1. The van der Waals surface area contributed by atoms with Gasteiger partial charge in [0.25, 0.3) is 5.91 Å². The highest BCUT2D eigenvalue weighted by Gasteiger charge is 2.25. The molecular formula is C16H20N2O3.